The van der Waals surface area contributed by atoms with Crippen molar-refractivity contribution >= 4 is 51.1 Å². The number of aromatic nitrogens is 1. The number of benzene rings is 3. The summed E-state index contributed by atoms with van der Waals surface area (Å²) in [5.41, 5.74) is 8.32. The van der Waals surface area contributed by atoms with Crippen molar-refractivity contribution in [3.05, 3.63) is 64.7 Å². The van der Waals surface area contributed by atoms with Crippen molar-refractivity contribution in [2.75, 3.05) is 0 Å². The number of imide groups is 1. The first-order valence-corrected chi connectivity index (χ1v) is 9.95. The zero-order valence-corrected chi connectivity index (χ0v) is 16.9. The lowest BCUT2D eigenvalue weighted by Crippen LogP contribution is -2.20. The summed E-state index contributed by atoms with van der Waals surface area (Å²) in [4.78, 5) is 37.1. The van der Waals surface area contributed by atoms with Crippen molar-refractivity contribution in [3.63, 3.8) is 0 Å². The van der Waals surface area contributed by atoms with Gasteiger partial charge in [-0.05, 0) is 35.9 Å². The summed E-state index contributed by atoms with van der Waals surface area (Å²) in [6.45, 7) is 0.274. The number of halogens is 1. The molecule has 1 aromatic heterocycles. The second kappa shape index (κ2) is 6.85. The molecule has 0 bridgehead atoms. The molecule has 4 N–H and O–H groups in total. The Morgan fingerprint density at radius 2 is 1.74 bits per heavy atom. The lowest BCUT2D eigenvalue weighted by atomic mass is 9.93. The van der Waals surface area contributed by atoms with E-state index in [2.05, 4.69) is 5.32 Å². The van der Waals surface area contributed by atoms with E-state index < -0.39 is 17.7 Å². The van der Waals surface area contributed by atoms with Gasteiger partial charge in [-0.1, -0.05) is 29.8 Å². The maximum atomic E-state index is 12.9. The molecule has 0 fully saturated rings. The van der Waals surface area contributed by atoms with Gasteiger partial charge in [0.05, 0.1) is 16.6 Å². The van der Waals surface area contributed by atoms with Crippen LogP contribution in [-0.4, -0.2) is 27.4 Å². The van der Waals surface area contributed by atoms with Crippen molar-refractivity contribution in [2.24, 2.45) is 5.73 Å². The minimum atomic E-state index is -0.517. The Kier molecular flexibility index (Phi) is 4.23. The van der Waals surface area contributed by atoms with Crippen LogP contribution in [-0.2, 0) is 11.3 Å². The standard InChI is InChI=1S/C23H16ClN3O4/c24-15-4-2-1-3-12(15)13-10-17-19(21-20(13)22(30)26-23(21)31)14-9-11(28)5-6-16(14)27(17)8-7-18(25)29/h1-6,9-10,28H,7-8H2,(H2,25,29)(H,26,30,31). The Labute approximate surface area is 181 Å². The topological polar surface area (TPSA) is 114 Å². The van der Waals surface area contributed by atoms with Gasteiger partial charge in [0.1, 0.15) is 5.75 Å². The third-order valence-corrected chi connectivity index (χ3v) is 5.89. The number of nitrogens with one attached hydrogen (secondary N) is 1. The molecule has 0 saturated carbocycles. The van der Waals surface area contributed by atoms with Crippen LogP contribution in [0, 0.1) is 0 Å². The van der Waals surface area contributed by atoms with Crippen LogP contribution in [0.2, 0.25) is 5.02 Å². The predicted octanol–water partition coefficient (Wildman–Crippen LogP) is 3.58. The van der Waals surface area contributed by atoms with Crippen LogP contribution in [0.15, 0.2) is 48.5 Å². The van der Waals surface area contributed by atoms with E-state index in [1.54, 1.807) is 42.5 Å². The van der Waals surface area contributed by atoms with Gasteiger partial charge in [0.2, 0.25) is 5.91 Å². The summed E-state index contributed by atoms with van der Waals surface area (Å²) in [5.74, 6) is -1.46. The van der Waals surface area contributed by atoms with Crippen LogP contribution < -0.4 is 11.1 Å². The molecule has 4 aromatic rings. The highest BCUT2D eigenvalue weighted by atomic mass is 35.5. The minimum Gasteiger partial charge on any atom is -0.508 e. The average Bonchev–Trinajstić information content (AvgIpc) is 3.19. The number of phenolic OH excluding ortho intramolecular Hbond substituents is 1. The van der Waals surface area contributed by atoms with E-state index in [1.807, 2.05) is 4.57 Å². The normalized spacial score (nSPS) is 13.1. The molecule has 7 nitrogen and oxygen atoms in total. The van der Waals surface area contributed by atoms with Gasteiger partial charge in [-0.25, -0.2) is 0 Å². The number of amides is 3. The number of nitrogens with zero attached hydrogens (tertiary/aromatic N) is 1. The number of hydrogen-bond acceptors (Lipinski definition) is 4. The van der Waals surface area contributed by atoms with Crippen LogP contribution >= 0.6 is 11.6 Å². The molecule has 0 spiro atoms. The molecule has 0 atom stereocenters. The van der Waals surface area contributed by atoms with Gasteiger partial charge in [-0.15, -0.1) is 0 Å². The van der Waals surface area contributed by atoms with Crippen molar-refractivity contribution in [2.45, 2.75) is 13.0 Å². The third-order valence-electron chi connectivity index (χ3n) is 5.56. The fourth-order valence-electron chi connectivity index (χ4n) is 4.29. The fourth-order valence-corrected chi connectivity index (χ4v) is 4.53. The predicted molar refractivity (Wildman–Crippen MR) is 117 cm³/mol. The van der Waals surface area contributed by atoms with E-state index in [1.165, 1.54) is 6.07 Å². The monoisotopic (exact) mass is 433 g/mol. The zero-order valence-electron chi connectivity index (χ0n) is 16.1. The number of hydrogen-bond donors (Lipinski definition) is 3. The number of aromatic hydroxyl groups is 1. The van der Waals surface area contributed by atoms with Gasteiger partial charge in [0.15, 0.2) is 0 Å². The highest BCUT2D eigenvalue weighted by Crippen LogP contribution is 2.42. The van der Waals surface area contributed by atoms with E-state index in [-0.39, 0.29) is 29.8 Å². The van der Waals surface area contributed by atoms with Crippen LogP contribution in [0.1, 0.15) is 27.1 Å². The lowest BCUT2D eigenvalue weighted by molar-refractivity contribution is -0.118. The molecule has 31 heavy (non-hydrogen) atoms. The summed E-state index contributed by atoms with van der Waals surface area (Å²) >= 11 is 6.42. The Hall–Kier alpha value is -3.84. The SMILES string of the molecule is NC(=O)CCn1c2ccc(O)cc2c2c3c(c(-c4ccccc4Cl)cc21)C(=O)NC3=O. The number of carbonyl (C=O) groups is 3. The van der Waals surface area contributed by atoms with E-state index in [0.717, 1.165) is 0 Å². The summed E-state index contributed by atoms with van der Waals surface area (Å²) in [6, 6.07) is 13.7. The van der Waals surface area contributed by atoms with E-state index in [4.69, 9.17) is 17.3 Å². The molecule has 0 radical (unpaired) electrons. The number of fused-ring (bicyclic) bond motifs is 5. The van der Waals surface area contributed by atoms with Crippen LogP contribution in [0.3, 0.4) is 0 Å². The van der Waals surface area contributed by atoms with Gasteiger partial charge in [-0.2, -0.15) is 0 Å². The Morgan fingerprint density at radius 3 is 2.48 bits per heavy atom. The quantitative estimate of drug-likeness (QED) is 0.427. The number of carbonyl (C=O) groups excluding carboxylic acids is 3. The van der Waals surface area contributed by atoms with E-state index in [9.17, 15) is 19.5 Å². The Morgan fingerprint density at radius 1 is 1.00 bits per heavy atom. The maximum absolute atomic E-state index is 12.9. The second-order valence-electron chi connectivity index (χ2n) is 7.40. The molecule has 1 aliphatic heterocycles. The summed E-state index contributed by atoms with van der Waals surface area (Å²) in [7, 11) is 0. The van der Waals surface area contributed by atoms with Gasteiger partial charge in [0, 0.05) is 39.8 Å². The molecule has 5 rings (SSSR count). The number of aryl methyl sites for hydroxylation is 1. The number of phenols is 1. The van der Waals surface area contributed by atoms with Crippen molar-refractivity contribution in [3.8, 4) is 16.9 Å². The fraction of sp³-hybridized carbons (Fsp3) is 0.0870. The Balaban J connectivity index is 1.97. The molecular weight excluding hydrogens is 418 g/mol. The van der Waals surface area contributed by atoms with Gasteiger partial charge >= 0.3 is 0 Å². The zero-order chi connectivity index (χ0) is 21.9. The molecule has 2 heterocycles. The number of rotatable bonds is 4. The molecule has 1 aliphatic rings. The molecular formula is C23H16ClN3O4. The average molecular weight is 434 g/mol. The van der Waals surface area contributed by atoms with Crippen LogP contribution in [0.5, 0.6) is 5.75 Å². The van der Waals surface area contributed by atoms with Crippen molar-refractivity contribution in [1.82, 2.24) is 9.88 Å². The molecule has 0 saturated heterocycles. The van der Waals surface area contributed by atoms with E-state index in [0.29, 0.717) is 38.0 Å². The Bertz CT molecular complexity index is 1450. The largest absolute Gasteiger partial charge is 0.508 e. The molecule has 0 unspecified atom stereocenters. The maximum Gasteiger partial charge on any atom is 0.259 e. The summed E-state index contributed by atoms with van der Waals surface area (Å²) < 4.78 is 1.87. The number of nitrogens with two attached hydrogens (primary N) is 1. The number of primary amides is 1. The first-order chi connectivity index (χ1) is 14.9. The molecule has 154 valence electrons. The first-order valence-electron chi connectivity index (χ1n) is 9.57. The second-order valence-corrected chi connectivity index (χ2v) is 7.81. The first kappa shape index (κ1) is 19.1. The minimum absolute atomic E-state index is 0.0233. The smallest absolute Gasteiger partial charge is 0.259 e. The van der Waals surface area contributed by atoms with Crippen LogP contribution in [0.25, 0.3) is 32.9 Å². The summed E-state index contributed by atoms with van der Waals surface area (Å²) in [6.07, 6.45) is 0.0867. The van der Waals surface area contributed by atoms with Gasteiger partial charge < -0.3 is 15.4 Å². The van der Waals surface area contributed by atoms with Crippen LogP contribution in [0.4, 0.5) is 0 Å². The van der Waals surface area contributed by atoms with Crippen molar-refractivity contribution in [1.29, 1.82) is 0 Å². The molecule has 3 aromatic carbocycles. The molecule has 8 heteroatoms. The molecule has 3 amide bonds. The summed E-state index contributed by atoms with van der Waals surface area (Å²) in [5, 5.41) is 14.0. The van der Waals surface area contributed by atoms with E-state index >= 15 is 0 Å². The lowest BCUT2D eigenvalue weighted by Gasteiger charge is -2.12. The van der Waals surface area contributed by atoms with Gasteiger partial charge in [-0.3, -0.25) is 19.7 Å². The van der Waals surface area contributed by atoms with Gasteiger partial charge in [0.25, 0.3) is 11.8 Å². The molecule has 0 aliphatic carbocycles. The third kappa shape index (κ3) is 2.85. The highest BCUT2D eigenvalue weighted by Gasteiger charge is 2.34. The highest BCUT2D eigenvalue weighted by molar-refractivity contribution is 6.36. The van der Waals surface area contributed by atoms with Crippen molar-refractivity contribution < 1.29 is 19.5 Å².